The normalized spacial score (nSPS) is 15.0. The number of hydrogen-bond donors (Lipinski definition) is 1. The zero-order valence-electron chi connectivity index (χ0n) is 13.0. The first kappa shape index (κ1) is 16.2. The van der Waals surface area contributed by atoms with Crippen molar-refractivity contribution >= 4 is 17.5 Å². The van der Waals surface area contributed by atoms with E-state index in [1.165, 1.54) is 23.8 Å². The van der Waals surface area contributed by atoms with Crippen molar-refractivity contribution in [3.05, 3.63) is 42.5 Å². The Morgan fingerprint density at radius 2 is 2.05 bits per heavy atom. The van der Waals surface area contributed by atoms with Crippen LogP contribution < -0.4 is 10.2 Å². The number of amides is 2. The van der Waals surface area contributed by atoms with E-state index < -0.39 is 0 Å². The summed E-state index contributed by atoms with van der Waals surface area (Å²) in [6, 6.07) is 6.89. The fourth-order valence-electron chi connectivity index (χ4n) is 2.31. The van der Waals surface area contributed by atoms with E-state index in [1.807, 2.05) is 0 Å². The molecule has 0 bridgehead atoms. The summed E-state index contributed by atoms with van der Waals surface area (Å²) in [5.74, 6) is 0.253. The molecular weight excluding hydrogens is 280 g/mol. The number of methoxy groups -OCH3 is 1. The van der Waals surface area contributed by atoms with Crippen molar-refractivity contribution in [2.24, 2.45) is 5.92 Å². The van der Waals surface area contributed by atoms with Gasteiger partial charge >= 0.3 is 0 Å². The number of ether oxygens (including phenoxy) is 1. The van der Waals surface area contributed by atoms with Crippen LogP contribution in [0.1, 0.15) is 23.2 Å². The van der Waals surface area contributed by atoms with Crippen LogP contribution in [0.2, 0.25) is 0 Å². The van der Waals surface area contributed by atoms with Crippen LogP contribution in [-0.2, 0) is 9.53 Å². The van der Waals surface area contributed by atoms with E-state index in [0.29, 0.717) is 23.7 Å². The zero-order chi connectivity index (χ0) is 16.1. The SMILES string of the molecule is C=CC(=O)N(C)c1ccc(C(=O)NCC(OC)C2CC2)cc1. The van der Waals surface area contributed by atoms with Crippen molar-refractivity contribution in [2.45, 2.75) is 18.9 Å². The highest BCUT2D eigenvalue weighted by Crippen LogP contribution is 2.33. The summed E-state index contributed by atoms with van der Waals surface area (Å²) in [5.41, 5.74) is 1.28. The van der Waals surface area contributed by atoms with E-state index in [1.54, 1.807) is 38.4 Å². The lowest BCUT2D eigenvalue weighted by molar-refractivity contribution is -0.113. The van der Waals surface area contributed by atoms with Gasteiger partial charge in [-0.3, -0.25) is 9.59 Å². The van der Waals surface area contributed by atoms with Crippen molar-refractivity contribution in [2.75, 3.05) is 25.6 Å². The van der Waals surface area contributed by atoms with Gasteiger partial charge in [-0.2, -0.15) is 0 Å². The monoisotopic (exact) mass is 302 g/mol. The van der Waals surface area contributed by atoms with Gasteiger partial charge in [0.15, 0.2) is 0 Å². The molecule has 2 amide bonds. The molecule has 5 nitrogen and oxygen atoms in total. The van der Waals surface area contributed by atoms with Gasteiger partial charge in [0.2, 0.25) is 5.91 Å². The third-order valence-electron chi connectivity index (χ3n) is 3.94. The fraction of sp³-hybridized carbons (Fsp3) is 0.412. The summed E-state index contributed by atoms with van der Waals surface area (Å²) < 4.78 is 5.38. The second kappa shape index (κ2) is 7.22. The molecule has 1 saturated carbocycles. The number of benzene rings is 1. The molecule has 0 aromatic heterocycles. The van der Waals surface area contributed by atoms with Gasteiger partial charge in [-0.25, -0.2) is 0 Å². The molecule has 5 heteroatoms. The van der Waals surface area contributed by atoms with Crippen LogP contribution in [0.5, 0.6) is 0 Å². The fourth-order valence-corrected chi connectivity index (χ4v) is 2.31. The van der Waals surface area contributed by atoms with Gasteiger partial charge in [0.1, 0.15) is 0 Å². The molecule has 0 spiro atoms. The Kier molecular flexibility index (Phi) is 5.33. The Bertz CT molecular complexity index is 550. The van der Waals surface area contributed by atoms with Crippen LogP contribution in [-0.4, -0.2) is 38.6 Å². The lowest BCUT2D eigenvalue weighted by atomic mass is 10.1. The number of hydrogen-bond acceptors (Lipinski definition) is 3. The smallest absolute Gasteiger partial charge is 0.251 e. The first-order chi connectivity index (χ1) is 10.6. The van der Waals surface area contributed by atoms with E-state index in [2.05, 4.69) is 11.9 Å². The van der Waals surface area contributed by atoms with E-state index >= 15 is 0 Å². The highest BCUT2D eigenvalue weighted by Gasteiger charge is 2.31. The molecule has 0 saturated heterocycles. The molecule has 1 N–H and O–H groups in total. The maximum absolute atomic E-state index is 12.1. The molecule has 1 aromatic rings. The lowest BCUT2D eigenvalue weighted by Crippen LogP contribution is -2.34. The predicted molar refractivity (Wildman–Crippen MR) is 85.9 cm³/mol. The van der Waals surface area contributed by atoms with Crippen LogP contribution in [0.15, 0.2) is 36.9 Å². The Morgan fingerprint density at radius 1 is 1.41 bits per heavy atom. The van der Waals surface area contributed by atoms with Crippen LogP contribution >= 0.6 is 0 Å². The van der Waals surface area contributed by atoms with Crippen LogP contribution in [0.3, 0.4) is 0 Å². The lowest BCUT2D eigenvalue weighted by Gasteiger charge is -2.17. The summed E-state index contributed by atoms with van der Waals surface area (Å²) in [5, 5.41) is 2.89. The highest BCUT2D eigenvalue weighted by molar-refractivity contribution is 6.01. The molecule has 1 atom stereocenters. The molecule has 0 aliphatic heterocycles. The van der Waals surface area contributed by atoms with Gasteiger partial charge in [0.05, 0.1) is 6.10 Å². The summed E-state index contributed by atoms with van der Waals surface area (Å²) in [7, 11) is 3.34. The zero-order valence-corrected chi connectivity index (χ0v) is 13.0. The summed E-state index contributed by atoms with van der Waals surface area (Å²) in [4.78, 5) is 25.1. The third-order valence-corrected chi connectivity index (χ3v) is 3.94. The second-order valence-corrected chi connectivity index (χ2v) is 5.47. The van der Waals surface area contributed by atoms with Crippen molar-refractivity contribution in [3.8, 4) is 0 Å². The largest absolute Gasteiger partial charge is 0.379 e. The molecule has 2 rings (SSSR count). The summed E-state index contributed by atoms with van der Waals surface area (Å²) >= 11 is 0. The molecule has 118 valence electrons. The van der Waals surface area contributed by atoms with Gasteiger partial charge in [0.25, 0.3) is 5.91 Å². The number of carbonyl (C=O) groups is 2. The van der Waals surface area contributed by atoms with E-state index in [0.717, 1.165) is 0 Å². The Balaban J connectivity index is 1.93. The highest BCUT2D eigenvalue weighted by atomic mass is 16.5. The minimum Gasteiger partial charge on any atom is -0.379 e. The van der Waals surface area contributed by atoms with Gasteiger partial charge in [-0.05, 0) is 49.1 Å². The van der Waals surface area contributed by atoms with Crippen LogP contribution in [0.25, 0.3) is 0 Å². The molecule has 0 heterocycles. The molecule has 1 aromatic carbocycles. The van der Waals surface area contributed by atoms with E-state index in [4.69, 9.17) is 4.74 Å². The third kappa shape index (κ3) is 3.95. The molecular formula is C17H22N2O3. The molecule has 1 aliphatic carbocycles. The molecule has 1 unspecified atom stereocenters. The maximum atomic E-state index is 12.1. The second-order valence-electron chi connectivity index (χ2n) is 5.47. The van der Waals surface area contributed by atoms with Crippen molar-refractivity contribution in [1.82, 2.24) is 5.32 Å². The van der Waals surface area contributed by atoms with Crippen LogP contribution in [0.4, 0.5) is 5.69 Å². The molecule has 22 heavy (non-hydrogen) atoms. The van der Waals surface area contributed by atoms with Gasteiger partial charge in [-0.15, -0.1) is 0 Å². The van der Waals surface area contributed by atoms with Gasteiger partial charge in [0, 0.05) is 32.0 Å². The van der Waals surface area contributed by atoms with Crippen molar-refractivity contribution in [1.29, 1.82) is 0 Å². The Hall–Kier alpha value is -2.14. The Morgan fingerprint density at radius 3 is 2.55 bits per heavy atom. The number of nitrogens with zero attached hydrogens (tertiary/aromatic N) is 1. The first-order valence-electron chi connectivity index (χ1n) is 7.38. The predicted octanol–water partition coefficient (Wildman–Crippen LogP) is 1.99. The summed E-state index contributed by atoms with van der Waals surface area (Å²) in [6.07, 6.45) is 3.70. The molecule has 1 aliphatic rings. The number of nitrogens with one attached hydrogen (secondary N) is 1. The number of rotatable bonds is 7. The number of anilines is 1. The average molecular weight is 302 g/mol. The quantitative estimate of drug-likeness (QED) is 0.784. The first-order valence-corrected chi connectivity index (χ1v) is 7.38. The number of likely N-dealkylation sites (N-methyl/N-ethyl adjacent to an activating group) is 1. The van der Waals surface area contributed by atoms with Gasteiger partial charge < -0.3 is 15.0 Å². The average Bonchev–Trinajstić information content (AvgIpc) is 3.39. The van der Waals surface area contributed by atoms with E-state index in [-0.39, 0.29) is 17.9 Å². The summed E-state index contributed by atoms with van der Waals surface area (Å²) in [6.45, 7) is 3.98. The minimum atomic E-state index is -0.190. The van der Waals surface area contributed by atoms with Crippen molar-refractivity contribution in [3.63, 3.8) is 0 Å². The minimum absolute atomic E-state index is 0.0968. The Labute approximate surface area is 130 Å². The number of carbonyl (C=O) groups excluding carboxylic acids is 2. The standard InChI is InChI=1S/C17H22N2O3/c1-4-16(20)19(2)14-9-7-13(8-10-14)17(21)18-11-15(22-3)12-5-6-12/h4,7-10,12,15H,1,5-6,11H2,2-3H3,(H,18,21). The topological polar surface area (TPSA) is 58.6 Å². The van der Waals surface area contributed by atoms with Gasteiger partial charge in [-0.1, -0.05) is 6.58 Å². The van der Waals surface area contributed by atoms with E-state index in [9.17, 15) is 9.59 Å². The molecule has 0 radical (unpaired) electrons. The molecule has 1 fully saturated rings. The van der Waals surface area contributed by atoms with Crippen molar-refractivity contribution < 1.29 is 14.3 Å². The van der Waals surface area contributed by atoms with Crippen LogP contribution in [0, 0.1) is 5.92 Å². The maximum Gasteiger partial charge on any atom is 0.251 e.